The smallest absolute Gasteiger partial charge is 0.325 e. The first-order valence-electron chi connectivity index (χ1n) is 7.38. The fourth-order valence-corrected chi connectivity index (χ4v) is 3.06. The first-order valence-corrected chi connectivity index (χ1v) is 7.76. The normalized spacial score (nSPS) is 23.3. The summed E-state index contributed by atoms with van der Waals surface area (Å²) in [4.78, 5) is 25.7. The van der Waals surface area contributed by atoms with Gasteiger partial charge in [0.15, 0.2) is 0 Å². The van der Waals surface area contributed by atoms with E-state index in [0.717, 1.165) is 4.90 Å². The molecule has 0 bridgehead atoms. The van der Waals surface area contributed by atoms with Crippen molar-refractivity contribution in [2.45, 2.75) is 18.5 Å². The summed E-state index contributed by atoms with van der Waals surface area (Å²) < 4.78 is 10.8. The molecule has 8 nitrogen and oxygen atoms in total. The van der Waals surface area contributed by atoms with E-state index in [4.69, 9.17) is 20.8 Å². The molecule has 1 aromatic carbocycles. The summed E-state index contributed by atoms with van der Waals surface area (Å²) in [7, 11) is 0. The van der Waals surface area contributed by atoms with Gasteiger partial charge < -0.3 is 14.5 Å². The van der Waals surface area contributed by atoms with Gasteiger partial charge in [-0.15, -0.1) is 10.2 Å². The summed E-state index contributed by atoms with van der Waals surface area (Å²) in [6.07, 6.45) is 0.461. The van der Waals surface area contributed by atoms with E-state index < -0.39 is 11.6 Å². The van der Waals surface area contributed by atoms with E-state index in [1.54, 1.807) is 24.3 Å². The first-order chi connectivity index (χ1) is 11.6. The molecule has 3 heterocycles. The Balaban J connectivity index is 1.55. The lowest BCUT2D eigenvalue weighted by Crippen LogP contribution is -2.47. The molecular weight excluding hydrogens is 336 g/mol. The maximum Gasteiger partial charge on any atom is 0.325 e. The Kier molecular flexibility index (Phi) is 3.50. The minimum Gasteiger partial charge on any atom is -0.419 e. The third kappa shape index (κ3) is 2.35. The maximum atomic E-state index is 12.5. The van der Waals surface area contributed by atoms with Crippen LogP contribution < -0.4 is 5.32 Å². The third-order valence-electron chi connectivity index (χ3n) is 4.13. The fraction of sp³-hybridized carbons (Fsp3) is 0.333. The molecule has 2 saturated heterocycles. The molecule has 2 aliphatic heterocycles. The predicted molar refractivity (Wildman–Crippen MR) is 82.0 cm³/mol. The number of rotatable bonds is 3. The van der Waals surface area contributed by atoms with Gasteiger partial charge in [-0.25, -0.2) is 4.79 Å². The second kappa shape index (κ2) is 5.57. The average Bonchev–Trinajstić information content (AvgIpc) is 3.26. The van der Waals surface area contributed by atoms with Crippen molar-refractivity contribution in [2.24, 2.45) is 0 Å². The molecule has 1 spiro atoms. The van der Waals surface area contributed by atoms with Crippen LogP contribution in [0.3, 0.4) is 0 Å². The number of amides is 3. The largest absolute Gasteiger partial charge is 0.419 e. The van der Waals surface area contributed by atoms with Crippen molar-refractivity contribution in [1.82, 2.24) is 20.4 Å². The Morgan fingerprint density at radius 1 is 1.29 bits per heavy atom. The second-order valence-corrected chi connectivity index (χ2v) is 6.09. The number of carbonyl (C=O) groups excluding carboxylic acids is 2. The van der Waals surface area contributed by atoms with Gasteiger partial charge in [-0.2, -0.15) is 0 Å². The topological polar surface area (TPSA) is 97.6 Å². The summed E-state index contributed by atoms with van der Waals surface area (Å²) in [5.74, 6) is 0.0634. The molecule has 1 atom stereocenters. The van der Waals surface area contributed by atoms with Crippen molar-refractivity contribution in [3.8, 4) is 11.5 Å². The fourth-order valence-electron chi connectivity index (χ4n) is 2.85. The maximum absolute atomic E-state index is 12.5. The summed E-state index contributed by atoms with van der Waals surface area (Å²) in [5, 5.41) is 11.0. The van der Waals surface area contributed by atoms with Gasteiger partial charge in [0.2, 0.25) is 11.8 Å². The van der Waals surface area contributed by atoms with E-state index in [-0.39, 0.29) is 30.8 Å². The zero-order valence-corrected chi connectivity index (χ0v) is 13.2. The van der Waals surface area contributed by atoms with Crippen LogP contribution in [0, 0.1) is 0 Å². The van der Waals surface area contributed by atoms with Gasteiger partial charge in [0, 0.05) is 13.0 Å². The van der Waals surface area contributed by atoms with Gasteiger partial charge >= 0.3 is 6.03 Å². The lowest BCUT2D eigenvalue weighted by Gasteiger charge is -2.17. The summed E-state index contributed by atoms with van der Waals surface area (Å²) in [6.45, 7) is 0.531. The highest BCUT2D eigenvalue weighted by molar-refractivity contribution is 6.33. The van der Waals surface area contributed by atoms with E-state index in [1.165, 1.54) is 0 Å². The Morgan fingerprint density at radius 2 is 2.12 bits per heavy atom. The zero-order chi connectivity index (χ0) is 16.7. The van der Waals surface area contributed by atoms with E-state index in [2.05, 4.69) is 15.5 Å². The average molecular weight is 349 g/mol. The highest BCUT2D eigenvalue weighted by Crippen LogP contribution is 2.29. The van der Waals surface area contributed by atoms with Crippen molar-refractivity contribution in [3.63, 3.8) is 0 Å². The van der Waals surface area contributed by atoms with Crippen molar-refractivity contribution >= 4 is 23.5 Å². The van der Waals surface area contributed by atoms with Gasteiger partial charge in [-0.05, 0) is 12.1 Å². The molecule has 2 aliphatic rings. The monoisotopic (exact) mass is 348 g/mol. The van der Waals surface area contributed by atoms with Crippen LogP contribution in [0.15, 0.2) is 28.7 Å². The third-order valence-corrected chi connectivity index (χ3v) is 4.46. The van der Waals surface area contributed by atoms with Crippen molar-refractivity contribution in [2.75, 3.05) is 13.2 Å². The van der Waals surface area contributed by atoms with Gasteiger partial charge in [-0.3, -0.25) is 9.69 Å². The molecule has 3 amide bonds. The molecule has 9 heteroatoms. The highest BCUT2D eigenvalue weighted by atomic mass is 35.5. The lowest BCUT2D eigenvalue weighted by molar-refractivity contribution is -0.131. The van der Waals surface area contributed by atoms with Crippen LogP contribution in [-0.2, 0) is 16.1 Å². The molecule has 124 valence electrons. The Labute approximate surface area is 141 Å². The number of hydrogen-bond acceptors (Lipinski definition) is 6. The van der Waals surface area contributed by atoms with Gasteiger partial charge in [-0.1, -0.05) is 23.7 Å². The van der Waals surface area contributed by atoms with Crippen molar-refractivity contribution in [1.29, 1.82) is 0 Å². The molecule has 0 radical (unpaired) electrons. The Morgan fingerprint density at radius 3 is 2.88 bits per heavy atom. The number of halogens is 1. The lowest BCUT2D eigenvalue weighted by atomic mass is 9.99. The predicted octanol–water partition coefficient (Wildman–Crippen LogP) is 1.60. The molecule has 0 saturated carbocycles. The summed E-state index contributed by atoms with van der Waals surface area (Å²) in [5.41, 5.74) is -0.362. The van der Waals surface area contributed by atoms with Crippen LogP contribution in [0.4, 0.5) is 4.79 Å². The summed E-state index contributed by atoms with van der Waals surface area (Å²) >= 11 is 6.10. The van der Waals surface area contributed by atoms with Gasteiger partial charge in [0.05, 0.1) is 17.2 Å². The molecule has 1 aromatic heterocycles. The number of ether oxygens (including phenoxy) is 1. The molecule has 4 rings (SSSR count). The molecular formula is C15H13ClN4O4. The number of nitrogens with one attached hydrogen (secondary N) is 1. The van der Waals surface area contributed by atoms with Crippen molar-refractivity contribution < 1.29 is 18.7 Å². The first kappa shape index (κ1) is 15.1. The molecule has 2 fully saturated rings. The van der Waals surface area contributed by atoms with Crippen LogP contribution in [-0.4, -0.2) is 45.8 Å². The molecule has 2 aromatic rings. The van der Waals surface area contributed by atoms with E-state index in [0.29, 0.717) is 23.6 Å². The Hall–Kier alpha value is -2.45. The van der Waals surface area contributed by atoms with Gasteiger partial charge in [0.1, 0.15) is 12.1 Å². The molecule has 0 unspecified atom stereocenters. The van der Waals surface area contributed by atoms with E-state index in [9.17, 15) is 9.59 Å². The standard InChI is InChI=1S/C15H13ClN4O4/c16-10-4-2-1-3-9(10)12-19-18-11(24-12)7-20-13(21)15(17-14(20)22)5-6-23-8-15/h1-4H,5-8H2,(H,17,22)/t15-/m1/s1. The van der Waals surface area contributed by atoms with Gasteiger partial charge in [0.25, 0.3) is 5.91 Å². The van der Waals surface area contributed by atoms with E-state index in [1.807, 2.05) is 0 Å². The highest BCUT2D eigenvalue weighted by Gasteiger charge is 2.53. The molecule has 24 heavy (non-hydrogen) atoms. The Bertz CT molecular complexity index is 815. The number of aromatic nitrogens is 2. The SMILES string of the molecule is O=C1N[C@@]2(CCOC2)C(=O)N1Cc1nnc(-c2ccccc2Cl)o1. The number of imide groups is 1. The number of hydrogen-bond donors (Lipinski definition) is 1. The minimum atomic E-state index is -0.956. The van der Waals surface area contributed by atoms with Crippen LogP contribution in [0.1, 0.15) is 12.3 Å². The van der Waals surface area contributed by atoms with Crippen molar-refractivity contribution in [3.05, 3.63) is 35.2 Å². The second-order valence-electron chi connectivity index (χ2n) is 5.69. The van der Waals surface area contributed by atoms with Crippen LogP contribution >= 0.6 is 11.6 Å². The number of benzene rings is 1. The zero-order valence-electron chi connectivity index (χ0n) is 12.5. The van der Waals surface area contributed by atoms with Crippen LogP contribution in [0.2, 0.25) is 5.02 Å². The quantitative estimate of drug-likeness (QED) is 0.846. The van der Waals surface area contributed by atoms with E-state index >= 15 is 0 Å². The molecule has 0 aliphatic carbocycles. The number of urea groups is 1. The van der Waals surface area contributed by atoms with Crippen LogP contribution in [0.25, 0.3) is 11.5 Å². The van der Waals surface area contributed by atoms with Crippen LogP contribution in [0.5, 0.6) is 0 Å². The summed E-state index contributed by atoms with van der Waals surface area (Å²) in [6, 6.07) is 6.56. The number of nitrogens with zero attached hydrogens (tertiary/aromatic N) is 3. The molecule has 1 N–H and O–H groups in total. The minimum absolute atomic E-state index is 0.0934. The number of carbonyl (C=O) groups is 2.